The maximum atomic E-state index is 6.28. The van der Waals surface area contributed by atoms with E-state index in [4.69, 9.17) is 17.7 Å². The highest BCUT2D eigenvalue weighted by molar-refractivity contribution is 6.67. The van der Waals surface area contributed by atoms with Gasteiger partial charge in [0.15, 0.2) is 0 Å². The van der Waals surface area contributed by atoms with Crippen molar-refractivity contribution in [1.82, 2.24) is 0 Å². The lowest BCUT2D eigenvalue weighted by molar-refractivity contribution is 0.163. The molecule has 0 aliphatic heterocycles. The van der Waals surface area contributed by atoms with Crippen molar-refractivity contribution in [2.75, 3.05) is 26.4 Å². The molecule has 27 heavy (non-hydrogen) atoms. The van der Waals surface area contributed by atoms with Crippen LogP contribution in [-0.4, -0.2) is 43.5 Å². The standard InChI is InChI=1S/C21H48O4Si2/c1-7-11-16-22-26(5,23-17-12-8-2)20-15-21-27(6,24-18-13-9-3)25-19-14-10-4/h7-21H2,1-6H3. The van der Waals surface area contributed by atoms with Crippen molar-refractivity contribution in [2.24, 2.45) is 0 Å². The Balaban J connectivity index is 4.60. The summed E-state index contributed by atoms with van der Waals surface area (Å²) in [7, 11) is -4.18. The molecule has 0 amide bonds. The van der Waals surface area contributed by atoms with Crippen molar-refractivity contribution in [2.45, 2.75) is 111 Å². The van der Waals surface area contributed by atoms with Crippen LogP contribution in [0.25, 0.3) is 0 Å². The van der Waals surface area contributed by atoms with Gasteiger partial charge in [-0.25, -0.2) is 0 Å². The van der Waals surface area contributed by atoms with E-state index in [0.717, 1.165) is 70.6 Å². The fourth-order valence-electron chi connectivity index (χ4n) is 2.83. The molecule has 0 rings (SSSR count). The average Bonchev–Trinajstić information content (AvgIpc) is 2.63. The summed E-state index contributed by atoms with van der Waals surface area (Å²) in [5.74, 6) is 0. The Labute approximate surface area is 172 Å². The van der Waals surface area contributed by atoms with Crippen molar-refractivity contribution < 1.29 is 17.7 Å². The van der Waals surface area contributed by atoms with Gasteiger partial charge in [0.1, 0.15) is 0 Å². The van der Waals surface area contributed by atoms with E-state index in [9.17, 15) is 0 Å². The summed E-state index contributed by atoms with van der Waals surface area (Å²) in [6.07, 6.45) is 10.2. The molecule has 0 aromatic carbocycles. The Kier molecular flexibility index (Phi) is 17.3. The van der Waals surface area contributed by atoms with Crippen molar-refractivity contribution in [3.63, 3.8) is 0 Å². The molecule has 6 heteroatoms. The zero-order valence-electron chi connectivity index (χ0n) is 19.2. The van der Waals surface area contributed by atoms with Gasteiger partial charge < -0.3 is 17.7 Å². The molecule has 0 aliphatic carbocycles. The van der Waals surface area contributed by atoms with Gasteiger partial charge in [-0.15, -0.1) is 0 Å². The summed E-state index contributed by atoms with van der Waals surface area (Å²) >= 11 is 0. The minimum atomic E-state index is -2.09. The van der Waals surface area contributed by atoms with Crippen LogP contribution >= 0.6 is 0 Å². The van der Waals surface area contributed by atoms with Crippen LogP contribution in [0.5, 0.6) is 0 Å². The van der Waals surface area contributed by atoms with Gasteiger partial charge >= 0.3 is 17.1 Å². The third kappa shape index (κ3) is 14.9. The molecule has 0 heterocycles. The van der Waals surface area contributed by atoms with Crippen molar-refractivity contribution in [3.05, 3.63) is 0 Å². The molecule has 0 atom stereocenters. The van der Waals surface area contributed by atoms with Gasteiger partial charge in [0.2, 0.25) is 0 Å². The summed E-state index contributed by atoms with van der Waals surface area (Å²) in [5, 5.41) is 0. The first kappa shape index (κ1) is 27.3. The summed E-state index contributed by atoms with van der Waals surface area (Å²) in [6.45, 7) is 16.6. The molecule has 4 nitrogen and oxygen atoms in total. The fourth-order valence-corrected chi connectivity index (χ4v) is 7.87. The van der Waals surface area contributed by atoms with E-state index in [0.29, 0.717) is 0 Å². The minimum Gasteiger partial charge on any atom is -0.394 e. The summed E-state index contributed by atoms with van der Waals surface area (Å²) in [5.41, 5.74) is 0. The third-order valence-corrected chi connectivity index (χ3v) is 10.7. The summed E-state index contributed by atoms with van der Waals surface area (Å²) in [4.78, 5) is 0. The first-order valence-electron chi connectivity index (χ1n) is 11.5. The van der Waals surface area contributed by atoms with Gasteiger partial charge in [-0.05, 0) is 57.3 Å². The monoisotopic (exact) mass is 420 g/mol. The molecular weight excluding hydrogens is 372 g/mol. The van der Waals surface area contributed by atoms with E-state index >= 15 is 0 Å². The number of hydrogen-bond donors (Lipinski definition) is 0. The molecule has 0 saturated heterocycles. The predicted octanol–water partition coefficient (Wildman–Crippen LogP) is 6.79. The number of hydrogen-bond acceptors (Lipinski definition) is 4. The Bertz CT molecular complexity index is 279. The van der Waals surface area contributed by atoms with Gasteiger partial charge in [-0.2, -0.15) is 0 Å². The zero-order chi connectivity index (χ0) is 20.4. The summed E-state index contributed by atoms with van der Waals surface area (Å²) in [6, 6.07) is 2.08. The van der Waals surface area contributed by atoms with Crippen LogP contribution in [0.15, 0.2) is 0 Å². The molecule has 164 valence electrons. The third-order valence-electron chi connectivity index (χ3n) is 4.88. The molecular formula is C21H48O4Si2. The molecule has 0 aromatic heterocycles. The van der Waals surface area contributed by atoms with Crippen molar-refractivity contribution in [3.8, 4) is 0 Å². The van der Waals surface area contributed by atoms with Crippen LogP contribution in [0.2, 0.25) is 25.2 Å². The van der Waals surface area contributed by atoms with Gasteiger partial charge in [-0.1, -0.05) is 53.4 Å². The number of rotatable bonds is 20. The van der Waals surface area contributed by atoms with Crippen LogP contribution in [0, 0.1) is 0 Å². The van der Waals surface area contributed by atoms with E-state index in [1.54, 1.807) is 0 Å². The number of unbranched alkanes of at least 4 members (excludes halogenated alkanes) is 4. The Morgan fingerprint density at radius 1 is 0.444 bits per heavy atom. The smallest absolute Gasteiger partial charge is 0.334 e. The van der Waals surface area contributed by atoms with E-state index in [2.05, 4.69) is 40.8 Å². The van der Waals surface area contributed by atoms with Crippen LogP contribution in [0.4, 0.5) is 0 Å². The molecule has 0 N–H and O–H groups in total. The van der Waals surface area contributed by atoms with Crippen LogP contribution in [0.1, 0.15) is 85.5 Å². The van der Waals surface area contributed by atoms with Gasteiger partial charge in [-0.3, -0.25) is 0 Å². The molecule has 0 radical (unpaired) electrons. The van der Waals surface area contributed by atoms with Crippen molar-refractivity contribution in [1.29, 1.82) is 0 Å². The minimum absolute atomic E-state index is 0.833. The van der Waals surface area contributed by atoms with E-state index in [1.807, 2.05) is 0 Å². The fraction of sp³-hybridized carbons (Fsp3) is 1.00. The van der Waals surface area contributed by atoms with Crippen molar-refractivity contribution >= 4 is 17.1 Å². The van der Waals surface area contributed by atoms with E-state index < -0.39 is 17.1 Å². The van der Waals surface area contributed by atoms with Crippen LogP contribution in [-0.2, 0) is 17.7 Å². The zero-order valence-corrected chi connectivity index (χ0v) is 21.2. The first-order chi connectivity index (χ1) is 12.9. The van der Waals surface area contributed by atoms with Gasteiger partial charge in [0.05, 0.1) is 0 Å². The molecule has 0 saturated carbocycles. The molecule has 0 aromatic rings. The van der Waals surface area contributed by atoms with Crippen LogP contribution < -0.4 is 0 Å². The maximum absolute atomic E-state index is 6.28. The molecule has 0 fully saturated rings. The van der Waals surface area contributed by atoms with Crippen LogP contribution in [0.3, 0.4) is 0 Å². The van der Waals surface area contributed by atoms with E-state index in [-0.39, 0.29) is 0 Å². The SMILES string of the molecule is CCCCO[Si](C)(CCC[Si](C)(OCCCC)OCCCC)OCCCC. The highest BCUT2D eigenvalue weighted by atomic mass is 28.4. The highest BCUT2D eigenvalue weighted by Crippen LogP contribution is 2.24. The lowest BCUT2D eigenvalue weighted by Crippen LogP contribution is -2.42. The second kappa shape index (κ2) is 17.2. The predicted molar refractivity (Wildman–Crippen MR) is 121 cm³/mol. The molecule has 0 unspecified atom stereocenters. The Hall–Kier alpha value is 0.274. The lowest BCUT2D eigenvalue weighted by Gasteiger charge is -2.30. The second-order valence-corrected chi connectivity index (χ2v) is 14.6. The molecule has 0 bridgehead atoms. The second-order valence-electron chi connectivity index (χ2n) is 7.93. The largest absolute Gasteiger partial charge is 0.394 e. The van der Waals surface area contributed by atoms with E-state index in [1.165, 1.54) is 25.7 Å². The van der Waals surface area contributed by atoms with Gasteiger partial charge in [0.25, 0.3) is 0 Å². The Morgan fingerprint density at radius 3 is 0.926 bits per heavy atom. The summed E-state index contributed by atoms with van der Waals surface area (Å²) < 4.78 is 25.1. The molecule has 0 spiro atoms. The first-order valence-corrected chi connectivity index (χ1v) is 16.6. The molecule has 0 aliphatic rings. The average molecular weight is 421 g/mol. The van der Waals surface area contributed by atoms with Gasteiger partial charge in [0, 0.05) is 26.4 Å². The normalized spacial score (nSPS) is 12.7. The quantitative estimate of drug-likeness (QED) is 0.160. The lowest BCUT2D eigenvalue weighted by atomic mass is 10.4. The highest BCUT2D eigenvalue weighted by Gasteiger charge is 2.35. The topological polar surface area (TPSA) is 36.9 Å². The maximum Gasteiger partial charge on any atom is 0.334 e. The Morgan fingerprint density at radius 2 is 0.704 bits per heavy atom.